The smallest absolute Gasteiger partial charge is 0.255 e. The molecule has 1 aliphatic rings. The highest BCUT2D eigenvalue weighted by Gasteiger charge is 2.48. The normalized spacial score (nSPS) is 29.6. The molecule has 0 bridgehead atoms. The summed E-state index contributed by atoms with van der Waals surface area (Å²) in [7, 11) is 0. The van der Waals surface area contributed by atoms with Gasteiger partial charge in [-0.25, -0.2) is 8.78 Å². The van der Waals surface area contributed by atoms with Crippen LogP contribution < -0.4 is 5.32 Å². The van der Waals surface area contributed by atoms with Crippen molar-refractivity contribution in [3.05, 3.63) is 0 Å². The third kappa shape index (κ3) is 3.04. The molecule has 1 rings (SSSR count). The lowest BCUT2D eigenvalue weighted by molar-refractivity contribution is -0.158. The molecule has 0 radical (unpaired) electrons. The second-order valence-electron chi connectivity index (χ2n) is 5.35. The molecule has 1 fully saturated rings. The maximum Gasteiger partial charge on any atom is 0.255 e. The first kappa shape index (κ1) is 15.9. The van der Waals surface area contributed by atoms with E-state index >= 15 is 0 Å². The van der Waals surface area contributed by atoms with Crippen molar-refractivity contribution in [2.24, 2.45) is 5.92 Å². The summed E-state index contributed by atoms with van der Waals surface area (Å²) >= 11 is 0. The van der Waals surface area contributed by atoms with Crippen LogP contribution >= 0.6 is 0 Å². The van der Waals surface area contributed by atoms with Crippen molar-refractivity contribution in [1.29, 1.82) is 0 Å². The lowest BCUT2D eigenvalue weighted by Crippen LogP contribution is -2.70. The minimum Gasteiger partial charge on any atom is -0.340 e. The summed E-state index contributed by atoms with van der Waals surface area (Å²) in [5.74, 6) is -0.900. The quantitative estimate of drug-likeness (QED) is 0.832. The molecule has 4 nitrogen and oxygen atoms in total. The van der Waals surface area contributed by atoms with E-state index in [0.717, 1.165) is 4.90 Å². The summed E-state index contributed by atoms with van der Waals surface area (Å²) in [6.07, 6.45) is -1.61. The van der Waals surface area contributed by atoms with E-state index in [-0.39, 0.29) is 11.8 Å². The highest BCUT2D eigenvalue weighted by atomic mass is 19.3. The maximum absolute atomic E-state index is 12.7. The van der Waals surface area contributed by atoms with Crippen LogP contribution in [0.5, 0.6) is 0 Å². The van der Waals surface area contributed by atoms with Gasteiger partial charge in [-0.1, -0.05) is 27.2 Å². The van der Waals surface area contributed by atoms with Gasteiger partial charge < -0.3 is 10.2 Å². The van der Waals surface area contributed by atoms with Gasteiger partial charge in [0.25, 0.3) is 6.43 Å². The Bertz CT molecular complexity index is 363. The molecular weight excluding hydrogens is 254 g/mol. The number of carbonyl (C=O) groups is 2. The lowest BCUT2D eigenvalue weighted by atomic mass is 9.87. The first-order valence-corrected chi connectivity index (χ1v) is 6.68. The number of hydrogen-bond donors (Lipinski definition) is 1. The van der Waals surface area contributed by atoms with Crippen LogP contribution in [0.25, 0.3) is 0 Å². The molecule has 19 heavy (non-hydrogen) atoms. The van der Waals surface area contributed by atoms with E-state index in [2.05, 4.69) is 5.32 Å². The molecule has 0 saturated carbocycles. The fourth-order valence-electron chi connectivity index (χ4n) is 2.36. The third-order valence-corrected chi connectivity index (χ3v) is 3.96. The molecule has 0 aromatic rings. The SMILES string of the molecule is CCC(C)C1C(=O)NC(C)(CC)C(=O)N1CC(F)F. The van der Waals surface area contributed by atoms with E-state index in [9.17, 15) is 18.4 Å². The zero-order valence-corrected chi connectivity index (χ0v) is 11.9. The molecule has 1 saturated heterocycles. The zero-order valence-electron chi connectivity index (χ0n) is 11.9. The van der Waals surface area contributed by atoms with Gasteiger partial charge in [-0.3, -0.25) is 9.59 Å². The van der Waals surface area contributed by atoms with Gasteiger partial charge >= 0.3 is 0 Å². The number of nitrogens with zero attached hydrogens (tertiary/aromatic N) is 1. The largest absolute Gasteiger partial charge is 0.340 e. The van der Waals surface area contributed by atoms with Crippen molar-refractivity contribution in [2.45, 2.75) is 58.5 Å². The molecule has 0 spiro atoms. The first-order valence-electron chi connectivity index (χ1n) is 6.68. The first-order chi connectivity index (χ1) is 8.76. The Labute approximate surface area is 112 Å². The Morgan fingerprint density at radius 2 is 1.95 bits per heavy atom. The molecule has 1 N–H and O–H groups in total. The summed E-state index contributed by atoms with van der Waals surface area (Å²) in [5.41, 5.74) is -1.07. The predicted octanol–water partition coefficient (Wildman–Crippen LogP) is 1.79. The van der Waals surface area contributed by atoms with Crippen molar-refractivity contribution in [3.8, 4) is 0 Å². The molecule has 3 unspecified atom stereocenters. The molecule has 0 aromatic carbocycles. The summed E-state index contributed by atoms with van der Waals surface area (Å²) in [4.78, 5) is 25.6. The van der Waals surface area contributed by atoms with Crippen LogP contribution in [0.3, 0.4) is 0 Å². The van der Waals surface area contributed by atoms with Gasteiger partial charge in [0.15, 0.2) is 0 Å². The zero-order chi connectivity index (χ0) is 14.8. The number of rotatable bonds is 5. The van der Waals surface area contributed by atoms with Crippen LogP contribution in [0.1, 0.15) is 40.5 Å². The van der Waals surface area contributed by atoms with Gasteiger partial charge in [0.05, 0.1) is 6.54 Å². The highest BCUT2D eigenvalue weighted by molar-refractivity contribution is 5.99. The molecule has 1 heterocycles. The van der Waals surface area contributed by atoms with Crippen LogP contribution in [0.15, 0.2) is 0 Å². The second-order valence-corrected chi connectivity index (χ2v) is 5.35. The molecule has 110 valence electrons. The van der Waals surface area contributed by atoms with Gasteiger partial charge in [-0.05, 0) is 19.3 Å². The van der Waals surface area contributed by atoms with E-state index in [1.165, 1.54) is 0 Å². The molecule has 0 aliphatic carbocycles. The summed E-state index contributed by atoms with van der Waals surface area (Å²) in [5, 5.41) is 2.69. The molecule has 3 atom stereocenters. The van der Waals surface area contributed by atoms with Gasteiger partial charge in [-0.15, -0.1) is 0 Å². The Balaban J connectivity index is 3.10. The number of alkyl halides is 2. The third-order valence-electron chi connectivity index (χ3n) is 3.96. The number of amides is 2. The topological polar surface area (TPSA) is 49.4 Å². The minimum absolute atomic E-state index is 0.149. The van der Waals surface area contributed by atoms with E-state index in [1.54, 1.807) is 20.8 Å². The number of hydrogen-bond acceptors (Lipinski definition) is 2. The maximum atomic E-state index is 12.7. The van der Waals surface area contributed by atoms with E-state index in [1.807, 2.05) is 6.92 Å². The van der Waals surface area contributed by atoms with Crippen LogP contribution in [-0.4, -0.2) is 41.3 Å². The summed E-state index contributed by atoms with van der Waals surface area (Å²) in [6, 6.07) is -0.800. The van der Waals surface area contributed by atoms with E-state index in [0.29, 0.717) is 12.8 Å². The number of piperazine rings is 1. The van der Waals surface area contributed by atoms with Crippen molar-refractivity contribution in [3.63, 3.8) is 0 Å². The van der Waals surface area contributed by atoms with Gasteiger partial charge in [0.2, 0.25) is 11.8 Å². The average Bonchev–Trinajstić information content (AvgIpc) is 2.34. The minimum atomic E-state index is -2.64. The molecule has 2 amide bonds. The predicted molar refractivity (Wildman–Crippen MR) is 67.8 cm³/mol. The van der Waals surface area contributed by atoms with Crippen molar-refractivity contribution in [2.75, 3.05) is 6.54 Å². The Morgan fingerprint density at radius 1 is 1.37 bits per heavy atom. The van der Waals surface area contributed by atoms with Gasteiger partial charge in [0, 0.05) is 0 Å². The monoisotopic (exact) mass is 276 g/mol. The Morgan fingerprint density at radius 3 is 2.37 bits per heavy atom. The van der Waals surface area contributed by atoms with E-state index < -0.39 is 30.5 Å². The van der Waals surface area contributed by atoms with Gasteiger partial charge in [-0.2, -0.15) is 0 Å². The van der Waals surface area contributed by atoms with Crippen LogP contribution in [0, 0.1) is 5.92 Å². The van der Waals surface area contributed by atoms with Crippen LogP contribution in [0.4, 0.5) is 8.78 Å². The fourth-order valence-corrected chi connectivity index (χ4v) is 2.36. The molecule has 6 heteroatoms. The van der Waals surface area contributed by atoms with Crippen LogP contribution in [0.2, 0.25) is 0 Å². The molecule has 0 aromatic heterocycles. The van der Waals surface area contributed by atoms with Crippen molar-refractivity contribution >= 4 is 11.8 Å². The second kappa shape index (κ2) is 5.84. The summed E-state index contributed by atoms with van der Waals surface area (Å²) in [6.45, 7) is 6.32. The van der Waals surface area contributed by atoms with Crippen molar-refractivity contribution < 1.29 is 18.4 Å². The Kier molecular flexibility index (Phi) is 4.87. The fraction of sp³-hybridized carbons (Fsp3) is 0.846. The standard InChI is InChI=1S/C13H22F2N2O2/c1-5-8(3)10-11(18)16-13(4,6-2)12(19)17(10)7-9(14)15/h8-10H,5-7H2,1-4H3,(H,16,18). The Hall–Kier alpha value is -1.20. The molecular formula is C13H22F2N2O2. The number of halogens is 2. The van der Waals surface area contributed by atoms with Crippen molar-refractivity contribution in [1.82, 2.24) is 10.2 Å². The van der Waals surface area contributed by atoms with E-state index in [4.69, 9.17) is 0 Å². The average molecular weight is 276 g/mol. The number of carbonyl (C=O) groups excluding carboxylic acids is 2. The highest BCUT2D eigenvalue weighted by Crippen LogP contribution is 2.27. The van der Waals surface area contributed by atoms with Crippen LogP contribution in [-0.2, 0) is 9.59 Å². The molecule has 1 aliphatic heterocycles. The van der Waals surface area contributed by atoms with Gasteiger partial charge in [0.1, 0.15) is 11.6 Å². The number of nitrogens with one attached hydrogen (secondary N) is 1. The summed E-state index contributed by atoms with van der Waals surface area (Å²) < 4.78 is 25.4. The lowest BCUT2D eigenvalue weighted by Gasteiger charge is -2.45.